The highest BCUT2D eigenvalue weighted by molar-refractivity contribution is 5.92. The Morgan fingerprint density at radius 3 is 3.00 bits per heavy atom. The normalized spacial score (nSPS) is 21.5. The molecule has 1 aromatic carbocycles. The lowest BCUT2D eigenvalue weighted by Gasteiger charge is -2.24. The maximum Gasteiger partial charge on any atom is 0.227 e. The number of methoxy groups -OCH3 is 1. The van der Waals surface area contributed by atoms with Crippen LogP contribution in [0.2, 0.25) is 0 Å². The van der Waals surface area contributed by atoms with Crippen LogP contribution in [0.15, 0.2) is 42.7 Å². The molecule has 2 rings (SSSR count). The summed E-state index contributed by atoms with van der Waals surface area (Å²) in [6, 6.07) is 7.59. The Bertz CT molecular complexity index is 565. The summed E-state index contributed by atoms with van der Waals surface area (Å²) in [5, 5.41) is 12.6. The highest BCUT2D eigenvalue weighted by Crippen LogP contribution is 2.25. The van der Waals surface area contributed by atoms with E-state index in [0.717, 1.165) is 30.5 Å². The third-order valence-electron chi connectivity index (χ3n) is 3.90. The number of carbonyl (C=O) groups is 1. The maximum atomic E-state index is 12.3. The van der Waals surface area contributed by atoms with Gasteiger partial charge in [0, 0.05) is 11.6 Å². The van der Waals surface area contributed by atoms with Gasteiger partial charge < -0.3 is 15.2 Å². The lowest BCUT2D eigenvalue weighted by molar-refractivity contribution is -0.122. The lowest BCUT2D eigenvalue weighted by Crippen LogP contribution is -2.30. The molecule has 0 heterocycles. The molecular formula is C18H23NO3. The Kier molecular flexibility index (Phi) is 5.78. The third kappa shape index (κ3) is 4.74. The lowest BCUT2D eigenvalue weighted by atomic mass is 9.86. The zero-order valence-corrected chi connectivity index (χ0v) is 12.9. The number of nitrogens with one attached hydrogen (secondary N) is 1. The Hall–Kier alpha value is -2.07. The van der Waals surface area contributed by atoms with Gasteiger partial charge in [0.1, 0.15) is 5.76 Å². The predicted molar refractivity (Wildman–Crippen MR) is 88.2 cm³/mol. The second-order valence-corrected chi connectivity index (χ2v) is 5.64. The molecule has 1 aromatic rings. The molecule has 2 N–H and O–H groups in total. The zero-order valence-electron chi connectivity index (χ0n) is 12.9. The first-order valence-electron chi connectivity index (χ1n) is 7.58. The van der Waals surface area contributed by atoms with Crippen molar-refractivity contribution in [3.8, 4) is 0 Å². The van der Waals surface area contributed by atoms with Gasteiger partial charge >= 0.3 is 0 Å². The van der Waals surface area contributed by atoms with Crippen LogP contribution in [0.25, 0.3) is 6.08 Å². The summed E-state index contributed by atoms with van der Waals surface area (Å²) < 4.78 is 4.98. The van der Waals surface area contributed by atoms with Crippen molar-refractivity contribution in [2.45, 2.75) is 31.8 Å². The minimum atomic E-state index is -0.348. The number of allylic oxidation sites excluding steroid dienone is 1. The zero-order chi connectivity index (χ0) is 15.9. The number of hydrogen-bond donors (Lipinski definition) is 2. The van der Waals surface area contributed by atoms with E-state index in [0.29, 0.717) is 12.2 Å². The van der Waals surface area contributed by atoms with E-state index in [1.807, 2.05) is 30.3 Å². The first kappa shape index (κ1) is 16.3. The van der Waals surface area contributed by atoms with Crippen molar-refractivity contribution in [2.75, 3.05) is 12.4 Å². The first-order chi connectivity index (χ1) is 10.6. The number of carbonyl (C=O) groups excluding carboxylic acids is 1. The van der Waals surface area contributed by atoms with Crippen molar-refractivity contribution in [1.29, 1.82) is 0 Å². The largest absolute Gasteiger partial charge is 0.497 e. The fourth-order valence-corrected chi connectivity index (χ4v) is 2.62. The van der Waals surface area contributed by atoms with Gasteiger partial charge in [-0.2, -0.15) is 0 Å². The molecule has 0 aromatic heterocycles. The van der Waals surface area contributed by atoms with Crippen LogP contribution in [0.5, 0.6) is 0 Å². The van der Waals surface area contributed by atoms with E-state index in [9.17, 15) is 9.90 Å². The van der Waals surface area contributed by atoms with Gasteiger partial charge in [0.05, 0.1) is 13.2 Å². The number of anilines is 1. The number of ether oxygens (including phenoxy) is 1. The van der Waals surface area contributed by atoms with Crippen molar-refractivity contribution in [3.05, 3.63) is 48.2 Å². The maximum absolute atomic E-state index is 12.3. The highest BCUT2D eigenvalue weighted by atomic mass is 16.5. The second kappa shape index (κ2) is 7.80. The summed E-state index contributed by atoms with van der Waals surface area (Å²) in [6.07, 6.45) is 6.41. The molecule has 1 aliphatic carbocycles. The number of benzene rings is 1. The monoisotopic (exact) mass is 301 g/mol. The van der Waals surface area contributed by atoms with Crippen LogP contribution in [-0.4, -0.2) is 24.2 Å². The molecule has 1 amide bonds. The third-order valence-corrected chi connectivity index (χ3v) is 3.90. The minimum absolute atomic E-state index is 0.0128. The number of hydrogen-bond acceptors (Lipinski definition) is 3. The van der Waals surface area contributed by atoms with Crippen LogP contribution < -0.4 is 5.32 Å². The SMILES string of the molecule is C=C(/C=C/c1cccc(NC(=O)[C@@H]2CCC[C@H](O)C2)c1)OC. The second-order valence-electron chi connectivity index (χ2n) is 5.64. The van der Waals surface area contributed by atoms with Gasteiger partial charge in [-0.25, -0.2) is 0 Å². The van der Waals surface area contributed by atoms with Crippen LogP contribution >= 0.6 is 0 Å². The van der Waals surface area contributed by atoms with Crippen molar-refractivity contribution in [1.82, 2.24) is 0 Å². The number of aliphatic hydroxyl groups excluding tert-OH is 1. The fourth-order valence-electron chi connectivity index (χ4n) is 2.62. The Labute approximate surface area is 131 Å². The van der Waals surface area contributed by atoms with Crippen molar-refractivity contribution in [2.24, 2.45) is 5.92 Å². The molecule has 0 aliphatic heterocycles. The summed E-state index contributed by atoms with van der Waals surface area (Å²) in [6.45, 7) is 3.72. The Balaban J connectivity index is 1.99. The summed E-state index contributed by atoms with van der Waals surface area (Å²) in [7, 11) is 1.57. The van der Waals surface area contributed by atoms with E-state index in [4.69, 9.17) is 4.74 Å². The van der Waals surface area contributed by atoms with E-state index in [-0.39, 0.29) is 17.9 Å². The van der Waals surface area contributed by atoms with Gasteiger partial charge in [0.2, 0.25) is 5.91 Å². The molecule has 4 nitrogen and oxygen atoms in total. The first-order valence-corrected chi connectivity index (χ1v) is 7.58. The average molecular weight is 301 g/mol. The van der Waals surface area contributed by atoms with Crippen LogP contribution in [0.3, 0.4) is 0 Å². The van der Waals surface area contributed by atoms with E-state index in [1.165, 1.54) is 0 Å². The van der Waals surface area contributed by atoms with Gasteiger partial charge in [-0.05, 0) is 43.0 Å². The molecule has 1 fully saturated rings. The molecule has 0 radical (unpaired) electrons. The van der Waals surface area contributed by atoms with Gasteiger partial charge in [0.25, 0.3) is 0 Å². The molecule has 0 unspecified atom stereocenters. The molecule has 22 heavy (non-hydrogen) atoms. The average Bonchev–Trinajstić information content (AvgIpc) is 2.53. The van der Waals surface area contributed by atoms with Gasteiger partial charge in [-0.1, -0.05) is 31.2 Å². The van der Waals surface area contributed by atoms with Crippen LogP contribution in [-0.2, 0) is 9.53 Å². The molecule has 4 heteroatoms. The molecule has 0 spiro atoms. The van der Waals surface area contributed by atoms with Gasteiger partial charge in [0.15, 0.2) is 0 Å². The summed E-state index contributed by atoms with van der Waals surface area (Å²) in [4.78, 5) is 12.3. The van der Waals surface area contributed by atoms with Gasteiger partial charge in [-0.3, -0.25) is 4.79 Å². The van der Waals surface area contributed by atoms with Crippen molar-refractivity contribution >= 4 is 17.7 Å². The molecular weight excluding hydrogens is 278 g/mol. The Morgan fingerprint density at radius 1 is 1.45 bits per heavy atom. The van der Waals surface area contributed by atoms with E-state index in [2.05, 4.69) is 11.9 Å². The summed E-state index contributed by atoms with van der Waals surface area (Å²) >= 11 is 0. The van der Waals surface area contributed by atoms with Crippen molar-refractivity contribution < 1.29 is 14.6 Å². The summed E-state index contributed by atoms with van der Waals surface area (Å²) in [5.74, 6) is 0.461. The van der Waals surface area contributed by atoms with E-state index in [1.54, 1.807) is 13.2 Å². The molecule has 1 saturated carbocycles. The quantitative estimate of drug-likeness (QED) is 0.647. The fraction of sp³-hybridized carbons (Fsp3) is 0.389. The van der Waals surface area contributed by atoms with Crippen molar-refractivity contribution in [3.63, 3.8) is 0 Å². The predicted octanol–water partition coefficient (Wildman–Crippen LogP) is 3.35. The standard InChI is InChI=1S/C18H23NO3/c1-13(22-2)9-10-14-5-3-7-16(11-14)19-18(21)15-6-4-8-17(20)12-15/h3,5,7,9-11,15,17,20H,1,4,6,8,12H2,2H3,(H,19,21)/b10-9+/t15-,17+/m1/s1. The molecule has 1 aliphatic rings. The smallest absolute Gasteiger partial charge is 0.227 e. The molecule has 0 saturated heterocycles. The van der Waals surface area contributed by atoms with E-state index >= 15 is 0 Å². The molecule has 0 bridgehead atoms. The highest BCUT2D eigenvalue weighted by Gasteiger charge is 2.25. The number of aliphatic hydroxyl groups is 1. The topological polar surface area (TPSA) is 58.6 Å². The van der Waals surface area contributed by atoms with Crippen LogP contribution in [0.1, 0.15) is 31.2 Å². The van der Waals surface area contributed by atoms with E-state index < -0.39 is 0 Å². The number of rotatable bonds is 5. The Morgan fingerprint density at radius 2 is 2.27 bits per heavy atom. The van der Waals surface area contributed by atoms with Crippen LogP contribution in [0, 0.1) is 5.92 Å². The molecule has 118 valence electrons. The summed E-state index contributed by atoms with van der Waals surface area (Å²) in [5.41, 5.74) is 1.72. The van der Waals surface area contributed by atoms with Crippen LogP contribution in [0.4, 0.5) is 5.69 Å². The molecule has 2 atom stereocenters. The minimum Gasteiger partial charge on any atom is -0.497 e. The number of amides is 1. The van der Waals surface area contributed by atoms with Gasteiger partial charge in [-0.15, -0.1) is 0 Å².